The minimum absolute atomic E-state index is 0.0121. The molecule has 2 fully saturated rings. The minimum atomic E-state index is -4.61. The monoisotopic (exact) mass is 612 g/mol. The number of carbonyl (C=O) groups is 1. The molecule has 45 heavy (non-hydrogen) atoms. The van der Waals surface area contributed by atoms with E-state index in [9.17, 15) is 18.0 Å². The summed E-state index contributed by atoms with van der Waals surface area (Å²) in [4.78, 5) is 21.9. The van der Waals surface area contributed by atoms with Gasteiger partial charge >= 0.3 is 6.18 Å². The lowest BCUT2D eigenvalue weighted by molar-refractivity contribution is -0.138. The number of hydrogen-bond donors (Lipinski definition) is 1. The summed E-state index contributed by atoms with van der Waals surface area (Å²) >= 11 is 0. The van der Waals surface area contributed by atoms with Crippen molar-refractivity contribution in [1.82, 2.24) is 24.6 Å². The Morgan fingerprint density at radius 2 is 1.93 bits per heavy atom. The fourth-order valence-electron chi connectivity index (χ4n) is 6.66. The van der Waals surface area contributed by atoms with E-state index in [1.165, 1.54) is 23.8 Å². The second-order valence-corrected chi connectivity index (χ2v) is 12.3. The molecule has 0 radical (unpaired) electrons. The van der Waals surface area contributed by atoms with Crippen LogP contribution in [-0.2, 0) is 26.3 Å². The third-order valence-electron chi connectivity index (χ3n) is 9.17. The number of nitrogens with zero attached hydrogens (tertiary/aromatic N) is 7. The van der Waals surface area contributed by atoms with E-state index in [2.05, 4.69) is 31.5 Å². The Morgan fingerprint density at radius 3 is 2.64 bits per heavy atom. The quantitative estimate of drug-likeness (QED) is 0.242. The fraction of sp³-hybridized carbons (Fsp3) is 0.364. The molecule has 0 unspecified atom stereocenters. The molecular formula is C33H31F3N8O. The van der Waals surface area contributed by atoms with Gasteiger partial charge in [0.1, 0.15) is 6.33 Å². The number of benzene rings is 2. The Hall–Kier alpha value is -4.76. The molecule has 230 valence electrons. The Kier molecular flexibility index (Phi) is 7.08. The van der Waals surface area contributed by atoms with Gasteiger partial charge < -0.3 is 14.8 Å². The minimum Gasteiger partial charge on any atom is -0.384 e. The van der Waals surface area contributed by atoms with E-state index in [0.29, 0.717) is 52.4 Å². The number of nitriles is 1. The number of halogens is 3. The van der Waals surface area contributed by atoms with Crippen LogP contribution < -0.4 is 10.2 Å². The summed E-state index contributed by atoms with van der Waals surface area (Å²) in [6.07, 6.45) is 4.00. The molecule has 1 N–H and O–H groups in total. The van der Waals surface area contributed by atoms with Crippen molar-refractivity contribution in [3.05, 3.63) is 77.4 Å². The Morgan fingerprint density at radius 1 is 1.09 bits per heavy atom. The molecule has 0 bridgehead atoms. The Bertz CT molecular complexity index is 1840. The van der Waals surface area contributed by atoms with Crippen LogP contribution in [0.25, 0.3) is 22.5 Å². The van der Waals surface area contributed by atoms with Crippen LogP contribution in [-0.4, -0.2) is 50.2 Å². The SMILES string of the molecule is Cn1cnnc1-c1ccncc1-c1cc(NCCC#N)cc(N2Cc3c(cc(CN4CCC5(CC5)C4)cc3C(F)(F)F)C2=O)c1. The maximum Gasteiger partial charge on any atom is 0.416 e. The van der Waals surface area contributed by atoms with Gasteiger partial charge in [-0.1, -0.05) is 0 Å². The first-order chi connectivity index (χ1) is 21.6. The second-order valence-electron chi connectivity index (χ2n) is 12.3. The van der Waals surface area contributed by atoms with Gasteiger partial charge in [-0.25, -0.2) is 0 Å². The van der Waals surface area contributed by atoms with Crippen LogP contribution in [0.2, 0.25) is 0 Å². The highest BCUT2D eigenvalue weighted by Crippen LogP contribution is 2.53. The molecule has 2 aromatic carbocycles. The summed E-state index contributed by atoms with van der Waals surface area (Å²) in [6.45, 7) is 2.29. The summed E-state index contributed by atoms with van der Waals surface area (Å²) in [6, 6.07) is 12.2. The smallest absolute Gasteiger partial charge is 0.384 e. The van der Waals surface area contributed by atoms with Crippen molar-refractivity contribution in [2.75, 3.05) is 29.9 Å². The van der Waals surface area contributed by atoms with Gasteiger partial charge in [0.15, 0.2) is 5.82 Å². The molecule has 1 aliphatic carbocycles. The first kappa shape index (κ1) is 29.0. The standard InChI is InChI=1S/C33H31F3N8O/c1-42-20-40-41-30(42)25-3-9-38-16-27(25)22-13-23(39-8-2-7-37)15-24(14-22)44-18-28-26(31(44)45)11-21(12-29(28)33(34,35)36)17-43-10-6-32(19-43)4-5-32/h3,9,11-16,20,39H,2,4-6,8,10,17-19H2,1H3. The number of amides is 1. The van der Waals surface area contributed by atoms with E-state index in [1.54, 1.807) is 41.5 Å². The summed E-state index contributed by atoms with van der Waals surface area (Å²) < 4.78 is 45.2. The lowest BCUT2D eigenvalue weighted by atomic mass is 9.98. The molecular weight excluding hydrogens is 581 g/mol. The molecule has 1 amide bonds. The number of hydrogen-bond acceptors (Lipinski definition) is 7. The molecule has 2 aromatic heterocycles. The average molecular weight is 613 g/mol. The molecule has 9 nitrogen and oxygen atoms in total. The summed E-state index contributed by atoms with van der Waals surface area (Å²) in [5.74, 6) is 0.131. The third kappa shape index (κ3) is 5.53. The number of rotatable bonds is 8. The van der Waals surface area contributed by atoms with Crippen molar-refractivity contribution in [2.45, 2.75) is 44.9 Å². The summed E-state index contributed by atoms with van der Waals surface area (Å²) in [5, 5.41) is 20.5. The number of aryl methyl sites for hydroxylation is 1. The van der Waals surface area contributed by atoms with Gasteiger partial charge in [0.25, 0.3) is 5.91 Å². The molecule has 4 heterocycles. The predicted molar refractivity (Wildman–Crippen MR) is 162 cm³/mol. The van der Waals surface area contributed by atoms with Crippen LogP contribution in [0.5, 0.6) is 0 Å². The summed E-state index contributed by atoms with van der Waals surface area (Å²) in [7, 11) is 1.82. The maximum atomic E-state index is 14.5. The number of carbonyl (C=O) groups excluding carboxylic acids is 1. The van der Waals surface area contributed by atoms with E-state index in [1.807, 2.05) is 19.2 Å². The first-order valence-corrected chi connectivity index (χ1v) is 15.0. The average Bonchev–Trinajstić information content (AvgIpc) is 3.28. The Balaban J connectivity index is 1.27. The highest BCUT2D eigenvalue weighted by Gasteiger charge is 2.47. The van der Waals surface area contributed by atoms with E-state index in [4.69, 9.17) is 5.26 Å². The third-order valence-corrected chi connectivity index (χ3v) is 9.17. The molecule has 3 aliphatic rings. The second kappa shape index (κ2) is 11.0. The zero-order valence-electron chi connectivity index (χ0n) is 24.7. The number of alkyl halides is 3. The molecule has 2 aliphatic heterocycles. The first-order valence-electron chi connectivity index (χ1n) is 15.0. The van der Waals surface area contributed by atoms with Crippen molar-refractivity contribution in [1.29, 1.82) is 5.26 Å². The zero-order valence-corrected chi connectivity index (χ0v) is 24.7. The fourth-order valence-corrected chi connectivity index (χ4v) is 6.66. The van der Waals surface area contributed by atoms with Crippen molar-refractivity contribution in [2.24, 2.45) is 12.5 Å². The van der Waals surface area contributed by atoms with E-state index in [-0.39, 0.29) is 24.1 Å². The van der Waals surface area contributed by atoms with Crippen LogP contribution in [0.3, 0.4) is 0 Å². The van der Waals surface area contributed by atoms with Crippen LogP contribution >= 0.6 is 0 Å². The number of likely N-dealkylation sites (tertiary alicyclic amines) is 1. The molecule has 1 saturated carbocycles. The van der Waals surface area contributed by atoms with E-state index >= 15 is 0 Å². The van der Waals surface area contributed by atoms with Crippen molar-refractivity contribution in [3.63, 3.8) is 0 Å². The maximum absolute atomic E-state index is 14.5. The predicted octanol–water partition coefficient (Wildman–Crippen LogP) is 6.03. The van der Waals surface area contributed by atoms with Crippen molar-refractivity contribution < 1.29 is 18.0 Å². The molecule has 4 aromatic rings. The highest BCUT2D eigenvalue weighted by atomic mass is 19.4. The van der Waals surface area contributed by atoms with Gasteiger partial charge in [-0.2, -0.15) is 18.4 Å². The van der Waals surface area contributed by atoms with Gasteiger partial charge in [0, 0.05) is 67.1 Å². The van der Waals surface area contributed by atoms with Crippen molar-refractivity contribution in [3.8, 4) is 28.6 Å². The normalized spacial score (nSPS) is 17.1. The van der Waals surface area contributed by atoms with E-state index < -0.39 is 17.6 Å². The van der Waals surface area contributed by atoms with Crippen LogP contribution in [0, 0.1) is 16.7 Å². The summed E-state index contributed by atoms with van der Waals surface area (Å²) in [5.41, 5.74) is 3.37. The van der Waals surface area contributed by atoms with Gasteiger partial charge in [-0.15, -0.1) is 10.2 Å². The number of pyridine rings is 1. The van der Waals surface area contributed by atoms with Crippen LogP contribution in [0.1, 0.15) is 52.7 Å². The van der Waals surface area contributed by atoms with Crippen LogP contribution in [0.15, 0.2) is 55.1 Å². The largest absolute Gasteiger partial charge is 0.416 e. The topological polar surface area (TPSA) is 103 Å². The number of nitrogens with one attached hydrogen (secondary N) is 1. The van der Waals surface area contributed by atoms with Gasteiger partial charge in [-0.05, 0) is 84.3 Å². The number of anilines is 2. The zero-order chi connectivity index (χ0) is 31.3. The molecule has 0 atom stereocenters. The Labute approximate surface area is 258 Å². The lowest BCUT2D eigenvalue weighted by Gasteiger charge is -2.20. The highest BCUT2D eigenvalue weighted by molar-refractivity contribution is 6.11. The molecule has 7 rings (SSSR count). The van der Waals surface area contributed by atoms with Crippen molar-refractivity contribution >= 4 is 17.3 Å². The van der Waals surface area contributed by atoms with Gasteiger partial charge in [0.05, 0.1) is 24.6 Å². The van der Waals surface area contributed by atoms with Gasteiger partial charge in [0.2, 0.25) is 0 Å². The van der Waals surface area contributed by atoms with E-state index in [0.717, 1.165) is 25.1 Å². The van der Waals surface area contributed by atoms with Gasteiger partial charge in [-0.3, -0.25) is 14.7 Å². The molecule has 1 spiro atoms. The van der Waals surface area contributed by atoms with Crippen LogP contribution in [0.4, 0.5) is 24.5 Å². The number of fused-ring (bicyclic) bond motifs is 1. The molecule has 12 heteroatoms. The number of aromatic nitrogens is 4. The molecule has 1 saturated heterocycles. The lowest BCUT2D eigenvalue weighted by Crippen LogP contribution is -2.23.